The van der Waals surface area contributed by atoms with Gasteiger partial charge in [0.25, 0.3) is 0 Å². The van der Waals surface area contributed by atoms with Crippen molar-refractivity contribution in [2.24, 2.45) is 0 Å². The first-order chi connectivity index (χ1) is 9.70. The third-order valence-electron chi connectivity index (χ3n) is 4.20. The fourth-order valence-corrected chi connectivity index (χ4v) is 4.08. The van der Waals surface area contributed by atoms with E-state index in [9.17, 15) is 0 Å². The van der Waals surface area contributed by atoms with Gasteiger partial charge < -0.3 is 5.32 Å². The summed E-state index contributed by atoms with van der Waals surface area (Å²) in [5, 5.41) is 10.6. The molecule has 1 N–H and O–H groups in total. The van der Waals surface area contributed by atoms with Crippen molar-refractivity contribution in [1.82, 2.24) is 9.78 Å². The smallest absolute Gasteiger partial charge is 0.125 e. The van der Waals surface area contributed by atoms with Crippen LogP contribution in [-0.4, -0.2) is 16.3 Å². The Balaban J connectivity index is 1.95. The Kier molecular flexibility index (Phi) is 3.83. The van der Waals surface area contributed by atoms with Crippen LogP contribution < -0.4 is 5.32 Å². The summed E-state index contributed by atoms with van der Waals surface area (Å²) in [4.78, 5) is 1.46. The van der Waals surface area contributed by atoms with Crippen LogP contribution in [0, 0.1) is 6.92 Å². The molecule has 20 heavy (non-hydrogen) atoms. The number of hydrogen-bond donors (Lipinski definition) is 1. The van der Waals surface area contributed by atoms with Gasteiger partial charge in [0.2, 0.25) is 0 Å². The van der Waals surface area contributed by atoms with Gasteiger partial charge in [0.1, 0.15) is 5.82 Å². The number of hydrogen-bond acceptors (Lipinski definition) is 3. The molecule has 0 fully saturated rings. The molecule has 4 heteroatoms. The maximum atomic E-state index is 4.91. The lowest BCUT2D eigenvalue weighted by Crippen LogP contribution is -2.24. The number of aryl methyl sites for hydroxylation is 1. The SMILES string of the molecule is CCCC(C)c1cc2n(n1)C(c1sccc1C)CCN2. The van der Waals surface area contributed by atoms with Crippen LogP contribution in [0.3, 0.4) is 0 Å². The molecule has 1 aliphatic heterocycles. The third-order valence-corrected chi connectivity index (χ3v) is 5.32. The maximum absolute atomic E-state index is 4.91. The van der Waals surface area contributed by atoms with Gasteiger partial charge in [-0.3, -0.25) is 0 Å². The van der Waals surface area contributed by atoms with Crippen LogP contribution >= 0.6 is 11.3 Å². The largest absolute Gasteiger partial charge is 0.370 e. The fourth-order valence-electron chi connectivity index (χ4n) is 3.03. The molecule has 2 atom stereocenters. The van der Waals surface area contributed by atoms with E-state index in [0.717, 1.165) is 13.0 Å². The van der Waals surface area contributed by atoms with E-state index in [4.69, 9.17) is 5.10 Å². The Hall–Kier alpha value is -1.29. The topological polar surface area (TPSA) is 29.9 Å². The normalized spacial score (nSPS) is 19.4. The highest BCUT2D eigenvalue weighted by Gasteiger charge is 2.26. The lowest BCUT2D eigenvalue weighted by molar-refractivity contribution is 0.477. The van der Waals surface area contributed by atoms with Gasteiger partial charge in [0.05, 0.1) is 11.7 Å². The maximum Gasteiger partial charge on any atom is 0.125 e. The lowest BCUT2D eigenvalue weighted by Gasteiger charge is -2.25. The molecule has 3 nitrogen and oxygen atoms in total. The van der Waals surface area contributed by atoms with Gasteiger partial charge in [-0.05, 0) is 36.8 Å². The minimum atomic E-state index is 0.411. The molecule has 0 radical (unpaired) electrons. The molecule has 2 aromatic rings. The lowest BCUT2D eigenvalue weighted by atomic mass is 10.0. The Morgan fingerprint density at radius 1 is 1.55 bits per heavy atom. The van der Waals surface area contributed by atoms with Gasteiger partial charge in [-0.15, -0.1) is 11.3 Å². The molecule has 0 amide bonds. The van der Waals surface area contributed by atoms with Gasteiger partial charge in [0.15, 0.2) is 0 Å². The van der Waals surface area contributed by atoms with Crippen molar-refractivity contribution in [3.05, 3.63) is 33.6 Å². The van der Waals surface area contributed by atoms with E-state index < -0.39 is 0 Å². The summed E-state index contributed by atoms with van der Waals surface area (Å²) < 4.78 is 2.21. The molecule has 0 saturated heterocycles. The molecule has 2 unspecified atom stereocenters. The molecular formula is C16H23N3S. The van der Waals surface area contributed by atoms with Gasteiger partial charge >= 0.3 is 0 Å². The molecule has 0 aliphatic carbocycles. The van der Waals surface area contributed by atoms with Gasteiger partial charge in [-0.25, -0.2) is 4.68 Å². The second-order valence-electron chi connectivity index (χ2n) is 5.79. The average Bonchev–Trinajstić information content (AvgIpc) is 3.04. The summed E-state index contributed by atoms with van der Waals surface area (Å²) in [7, 11) is 0. The standard InChI is InChI=1S/C16H23N3S/c1-4-5-11(2)13-10-15-17-8-6-14(19(15)18-13)16-12(3)7-9-20-16/h7,9-11,14,17H,4-6,8H2,1-3H3. The van der Waals surface area contributed by atoms with Crippen LogP contribution in [0.4, 0.5) is 5.82 Å². The van der Waals surface area contributed by atoms with Gasteiger partial charge in [-0.1, -0.05) is 20.3 Å². The quantitative estimate of drug-likeness (QED) is 0.894. The Bertz CT molecular complexity index is 584. The van der Waals surface area contributed by atoms with Crippen molar-refractivity contribution in [3.8, 4) is 0 Å². The van der Waals surface area contributed by atoms with Gasteiger partial charge in [-0.2, -0.15) is 5.10 Å². The molecule has 0 aromatic carbocycles. The summed E-state index contributed by atoms with van der Waals surface area (Å²) in [5.41, 5.74) is 2.63. The second kappa shape index (κ2) is 5.60. The Morgan fingerprint density at radius 3 is 3.10 bits per heavy atom. The van der Waals surface area contributed by atoms with Crippen LogP contribution in [0.1, 0.15) is 61.2 Å². The van der Waals surface area contributed by atoms with E-state index in [-0.39, 0.29) is 0 Å². The predicted molar refractivity (Wildman–Crippen MR) is 85.9 cm³/mol. The van der Waals surface area contributed by atoms with E-state index >= 15 is 0 Å². The molecular weight excluding hydrogens is 266 g/mol. The van der Waals surface area contributed by atoms with Crippen molar-refractivity contribution in [2.75, 3.05) is 11.9 Å². The molecule has 2 aromatic heterocycles. The van der Waals surface area contributed by atoms with E-state index in [1.54, 1.807) is 0 Å². The molecule has 108 valence electrons. The number of fused-ring (bicyclic) bond motifs is 1. The van der Waals surface area contributed by atoms with Crippen LogP contribution in [0.15, 0.2) is 17.5 Å². The first-order valence-corrected chi connectivity index (χ1v) is 8.46. The monoisotopic (exact) mass is 289 g/mol. The minimum absolute atomic E-state index is 0.411. The molecule has 1 aliphatic rings. The first kappa shape index (κ1) is 13.7. The molecule has 3 rings (SSSR count). The van der Waals surface area contributed by atoms with Crippen molar-refractivity contribution in [1.29, 1.82) is 0 Å². The van der Waals surface area contributed by atoms with E-state index in [1.807, 2.05) is 11.3 Å². The zero-order chi connectivity index (χ0) is 14.1. The summed E-state index contributed by atoms with van der Waals surface area (Å²) in [6.45, 7) is 7.76. The molecule has 3 heterocycles. The molecule has 0 saturated carbocycles. The highest BCUT2D eigenvalue weighted by atomic mass is 32.1. The van der Waals surface area contributed by atoms with Crippen molar-refractivity contribution in [2.45, 2.75) is 52.0 Å². The fraction of sp³-hybridized carbons (Fsp3) is 0.562. The van der Waals surface area contributed by atoms with Crippen molar-refractivity contribution >= 4 is 17.2 Å². The predicted octanol–water partition coefficient (Wildman–Crippen LogP) is 4.56. The zero-order valence-corrected chi connectivity index (χ0v) is 13.3. The highest BCUT2D eigenvalue weighted by molar-refractivity contribution is 7.10. The first-order valence-electron chi connectivity index (χ1n) is 7.58. The van der Waals surface area contributed by atoms with Crippen LogP contribution in [0.2, 0.25) is 0 Å². The van der Waals surface area contributed by atoms with E-state index in [2.05, 4.69) is 48.3 Å². The number of anilines is 1. The van der Waals surface area contributed by atoms with Crippen molar-refractivity contribution < 1.29 is 0 Å². The Morgan fingerprint density at radius 2 is 2.40 bits per heavy atom. The summed E-state index contributed by atoms with van der Waals surface area (Å²) in [6, 6.07) is 4.87. The van der Waals surface area contributed by atoms with Crippen LogP contribution in [-0.2, 0) is 0 Å². The number of nitrogens with zero attached hydrogens (tertiary/aromatic N) is 2. The number of thiophene rings is 1. The number of aromatic nitrogens is 2. The number of nitrogens with one attached hydrogen (secondary N) is 1. The minimum Gasteiger partial charge on any atom is -0.370 e. The second-order valence-corrected chi connectivity index (χ2v) is 6.74. The highest BCUT2D eigenvalue weighted by Crippen LogP contribution is 2.35. The van der Waals surface area contributed by atoms with E-state index in [0.29, 0.717) is 12.0 Å². The Labute approximate surface area is 125 Å². The van der Waals surface area contributed by atoms with Gasteiger partial charge in [0, 0.05) is 23.4 Å². The third kappa shape index (κ3) is 2.37. The molecule has 0 bridgehead atoms. The zero-order valence-electron chi connectivity index (χ0n) is 12.5. The van der Waals surface area contributed by atoms with E-state index in [1.165, 1.54) is 34.8 Å². The van der Waals surface area contributed by atoms with Crippen LogP contribution in [0.5, 0.6) is 0 Å². The summed E-state index contributed by atoms with van der Waals surface area (Å²) in [6.07, 6.45) is 3.54. The summed E-state index contributed by atoms with van der Waals surface area (Å²) in [5.74, 6) is 1.73. The average molecular weight is 289 g/mol. The summed E-state index contributed by atoms with van der Waals surface area (Å²) >= 11 is 1.86. The van der Waals surface area contributed by atoms with Crippen LogP contribution in [0.25, 0.3) is 0 Å². The molecule has 0 spiro atoms. The van der Waals surface area contributed by atoms with Crippen molar-refractivity contribution in [3.63, 3.8) is 0 Å². The number of rotatable bonds is 4.